The largest absolute Gasteiger partial charge is 0.495 e. The number of hydrogen-bond acceptors (Lipinski definition) is 2. The van der Waals surface area contributed by atoms with Crippen LogP contribution in [0.5, 0.6) is 5.75 Å². The van der Waals surface area contributed by atoms with Gasteiger partial charge in [0.15, 0.2) is 0 Å². The normalized spacial score (nSPS) is 14.7. The van der Waals surface area contributed by atoms with E-state index in [2.05, 4.69) is 10.3 Å². The zero-order valence-corrected chi connectivity index (χ0v) is 8.96. The van der Waals surface area contributed by atoms with E-state index < -0.39 is 0 Å². The summed E-state index contributed by atoms with van der Waals surface area (Å²) >= 11 is 0. The van der Waals surface area contributed by atoms with Gasteiger partial charge in [0.1, 0.15) is 5.75 Å². The van der Waals surface area contributed by atoms with Crippen molar-refractivity contribution in [1.82, 2.24) is 10.3 Å². The number of H-pyrrole nitrogens is 1. The highest BCUT2D eigenvalue weighted by atomic mass is 16.5. The number of carbonyl (C=O) groups is 1. The number of hydrogen-bond donors (Lipinski definition) is 2. The number of ether oxygens (including phenoxy) is 1. The third-order valence-electron chi connectivity index (χ3n) is 3.02. The summed E-state index contributed by atoms with van der Waals surface area (Å²) in [6.07, 6.45) is 2.81. The van der Waals surface area contributed by atoms with Gasteiger partial charge < -0.3 is 15.0 Å². The second-order valence-electron chi connectivity index (χ2n) is 3.89. The van der Waals surface area contributed by atoms with Crippen LogP contribution >= 0.6 is 0 Å². The number of aromatic nitrogens is 1. The Bertz CT molecular complexity index is 572. The number of benzene rings is 1. The van der Waals surface area contributed by atoms with Crippen LogP contribution in [0.25, 0.3) is 10.9 Å². The van der Waals surface area contributed by atoms with Gasteiger partial charge >= 0.3 is 0 Å². The van der Waals surface area contributed by atoms with E-state index in [0.717, 1.165) is 28.6 Å². The zero-order chi connectivity index (χ0) is 11.1. The van der Waals surface area contributed by atoms with E-state index in [-0.39, 0.29) is 5.91 Å². The van der Waals surface area contributed by atoms with Crippen molar-refractivity contribution in [3.8, 4) is 5.75 Å². The Kier molecular flexibility index (Phi) is 1.89. The van der Waals surface area contributed by atoms with Crippen LogP contribution in [0.1, 0.15) is 15.9 Å². The Hall–Kier alpha value is -1.97. The number of nitrogens with one attached hydrogen (secondary N) is 2. The minimum absolute atomic E-state index is 0.00833. The van der Waals surface area contributed by atoms with Gasteiger partial charge in [0.25, 0.3) is 5.91 Å². The van der Waals surface area contributed by atoms with Crippen molar-refractivity contribution in [1.29, 1.82) is 0 Å². The smallest absolute Gasteiger partial charge is 0.251 e. The highest BCUT2D eigenvalue weighted by Crippen LogP contribution is 2.31. The van der Waals surface area contributed by atoms with Gasteiger partial charge in [-0.1, -0.05) is 0 Å². The maximum Gasteiger partial charge on any atom is 0.251 e. The molecule has 0 bridgehead atoms. The average Bonchev–Trinajstić information content (AvgIpc) is 2.64. The van der Waals surface area contributed by atoms with Crippen LogP contribution < -0.4 is 10.1 Å². The summed E-state index contributed by atoms with van der Waals surface area (Å²) in [4.78, 5) is 15.0. The van der Waals surface area contributed by atoms with Gasteiger partial charge in [-0.25, -0.2) is 0 Å². The van der Waals surface area contributed by atoms with Crippen molar-refractivity contribution in [2.45, 2.75) is 6.42 Å². The minimum atomic E-state index is -0.00833. The third-order valence-corrected chi connectivity index (χ3v) is 3.02. The molecule has 1 aromatic carbocycles. The van der Waals surface area contributed by atoms with E-state index in [9.17, 15) is 4.79 Å². The standard InChI is InChI=1S/C12H12N2O2/c1-16-9-3-2-8-10-7(6-14-11(9)10)4-5-13-12(8)15/h2-3,6,14H,4-5H2,1H3,(H,13,15). The van der Waals surface area contributed by atoms with Crippen LogP contribution in [0.4, 0.5) is 0 Å². The fourth-order valence-corrected chi connectivity index (χ4v) is 2.25. The summed E-state index contributed by atoms with van der Waals surface area (Å²) in [6.45, 7) is 0.683. The van der Waals surface area contributed by atoms with E-state index in [1.807, 2.05) is 18.3 Å². The van der Waals surface area contributed by atoms with Crippen molar-refractivity contribution < 1.29 is 9.53 Å². The first-order chi connectivity index (χ1) is 7.81. The van der Waals surface area contributed by atoms with Gasteiger partial charge in [0.2, 0.25) is 0 Å². The lowest BCUT2D eigenvalue weighted by molar-refractivity contribution is 0.0957. The van der Waals surface area contributed by atoms with E-state index in [4.69, 9.17) is 4.74 Å². The molecule has 1 aromatic heterocycles. The molecule has 0 radical (unpaired) electrons. The summed E-state index contributed by atoms with van der Waals surface area (Å²) in [5.41, 5.74) is 2.80. The summed E-state index contributed by atoms with van der Waals surface area (Å²) in [6, 6.07) is 3.64. The zero-order valence-electron chi connectivity index (χ0n) is 8.96. The fraction of sp³-hybridized carbons (Fsp3) is 0.250. The van der Waals surface area contributed by atoms with Crippen molar-refractivity contribution in [2.24, 2.45) is 0 Å². The second kappa shape index (κ2) is 3.27. The molecule has 0 saturated heterocycles. The van der Waals surface area contributed by atoms with Crippen molar-refractivity contribution in [3.05, 3.63) is 29.5 Å². The van der Waals surface area contributed by atoms with Crippen LogP contribution in [0.2, 0.25) is 0 Å². The first-order valence-corrected chi connectivity index (χ1v) is 5.26. The second-order valence-corrected chi connectivity index (χ2v) is 3.89. The molecule has 4 nitrogen and oxygen atoms in total. The van der Waals surface area contributed by atoms with Crippen molar-refractivity contribution in [3.63, 3.8) is 0 Å². The van der Waals surface area contributed by atoms with Gasteiger partial charge in [0.05, 0.1) is 12.6 Å². The molecule has 0 unspecified atom stereocenters. The lowest BCUT2D eigenvalue weighted by atomic mass is 10.1. The van der Waals surface area contributed by atoms with Gasteiger partial charge in [-0.2, -0.15) is 0 Å². The first kappa shape index (κ1) is 9.27. The molecular weight excluding hydrogens is 204 g/mol. The predicted molar refractivity (Wildman–Crippen MR) is 60.9 cm³/mol. The maximum atomic E-state index is 11.8. The quantitative estimate of drug-likeness (QED) is 0.758. The number of amides is 1. The van der Waals surface area contributed by atoms with E-state index in [0.29, 0.717) is 6.54 Å². The molecule has 2 N–H and O–H groups in total. The minimum Gasteiger partial charge on any atom is -0.495 e. The SMILES string of the molecule is COc1ccc2c3c(c[nH]c13)CCNC2=O. The Morgan fingerprint density at radius 3 is 3.06 bits per heavy atom. The lowest BCUT2D eigenvalue weighted by Crippen LogP contribution is -2.23. The molecule has 1 aliphatic heterocycles. The number of rotatable bonds is 1. The number of aromatic amines is 1. The van der Waals surface area contributed by atoms with Crippen molar-refractivity contribution >= 4 is 16.8 Å². The highest BCUT2D eigenvalue weighted by Gasteiger charge is 2.19. The molecule has 16 heavy (non-hydrogen) atoms. The number of methoxy groups -OCH3 is 1. The summed E-state index contributed by atoms with van der Waals surface area (Å²) in [7, 11) is 1.63. The molecule has 0 aliphatic carbocycles. The van der Waals surface area contributed by atoms with Crippen LogP contribution in [0.3, 0.4) is 0 Å². The van der Waals surface area contributed by atoms with Gasteiger partial charge in [-0.15, -0.1) is 0 Å². The average molecular weight is 216 g/mol. The molecule has 0 fully saturated rings. The monoisotopic (exact) mass is 216 g/mol. The molecule has 2 heterocycles. The Morgan fingerprint density at radius 1 is 1.38 bits per heavy atom. The molecular formula is C12H12N2O2. The lowest BCUT2D eigenvalue weighted by Gasteiger charge is -2.05. The Morgan fingerprint density at radius 2 is 2.25 bits per heavy atom. The van der Waals surface area contributed by atoms with Crippen LogP contribution in [-0.2, 0) is 6.42 Å². The summed E-state index contributed by atoms with van der Waals surface area (Å²) in [5.74, 6) is 0.769. The van der Waals surface area contributed by atoms with Crippen LogP contribution in [0, 0.1) is 0 Å². The first-order valence-electron chi connectivity index (χ1n) is 5.26. The fourth-order valence-electron chi connectivity index (χ4n) is 2.25. The van der Waals surface area contributed by atoms with Crippen LogP contribution in [0.15, 0.2) is 18.3 Å². The third kappa shape index (κ3) is 1.13. The summed E-state index contributed by atoms with van der Waals surface area (Å²) < 4.78 is 5.28. The van der Waals surface area contributed by atoms with E-state index >= 15 is 0 Å². The molecule has 4 heteroatoms. The Balaban J connectivity index is 2.40. The van der Waals surface area contributed by atoms with Gasteiger partial charge in [0, 0.05) is 23.7 Å². The molecule has 82 valence electrons. The van der Waals surface area contributed by atoms with Gasteiger partial charge in [-0.05, 0) is 24.1 Å². The summed E-state index contributed by atoms with van der Waals surface area (Å²) in [5, 5.41) is 3.88. The number of carbonyl (C=O) groups excluding carboxylic acids is 1. The molecule has 0 atom stereocenters. The van der Waals surface area contributed by atoms with Crippen molar-refractivity contribution in [2.75, 3.05) is 13.7 Å². The molecule has 1 aliphatic rings. The molecule has 0 spiro atoms. The predicted octanol–water partition coefficient (Wildman–Crippen LogP) is 1.46. The highest BCUT2D eigenvalue weighted by molar-refractivity contribution is 6.09. The maximum absolute atomic E-state index is 11.8. The molecule has 1 amide bonds. The van der Waals surface area contributed by atoms with E-state index in [1.54, 1.807) is 7.11 Å². The molecule has 2 aromatic rings. The molecule has 3 rings (SSSR count). The van der Waals surface area contributed by atoms with Gasteiger partial charge in [-0.3, -0.25) is 4.79 Å². The van der Waals surface area contributed by atoms with Crippen LogP contribution in [-0.4, -0.2) is 24.5 Å². The Labute approximate surface area is 92.6 Å². The van der Waals surface area contributed by atoms with E-state index in [1.165, 1.54) is 5.56 Å². The topological polar surface area (TPSA) is 54.1 Å². The molecule has 0 saturated carbocycles.